The quantitative estimate of drug-likeness (QED) is 0.601. The van der Waals surface area contributed by atoms with Gasteiger partial charge in [0.15, 0.2) is 0 Å². The third kappa shape index (κ3) is 2.33. The molecule has 1 rings (SSSR count). The zero-order valence-corrected chi connectivity index (χ0v) is 5.97. The maximum atomic E-state index is 5.59. The zero-order chi connectivity index (χ0) is 6.69. The maximum Gasteiger partial charge on any atom is 0.0590 e. The minimum atomic E-state index is 0.299. The van der Waals surface area contributed by atoms with Gasteiger partial charge in [0.05, 0.1) is 6.10 Å². The fourth-order valence-electron chi connectivity index (χ4n) is 1.24. The molecule has 1 fully saturated rings. The lowest BCUT2D eigenvalue weighted by atomic mass is 10.1. The molecule has 0 radical (unpaired) electrons. The van der Waals surface area contributed by atoms with Gasteiger partial charge in [0, 0.05) is 12.6 Å². The van der Waals surface area contributed by atoms with Crippen molar-refractivity contribution in [2.75, 3.05) is 6.61 Å². The topological polar surface area (TPSA) is 35.2 Å². The summed E-state index contributed by atoms with van der Waals surface area (Å²) in [4.78, 5) is 0. The molecule has 0 saturated carbocycles. The molecule has 1 aliphatic rings. The van der Waals surface area contributed by atoms with Crippen LogP contribution in [-0.4, -0.2) is 18.8 Å². The van der Waals surface area contributed by atoms with Crippen molar-refractivity contribution >= 4 is 0 Å². The highest BCUT2D eigenvalue weighted by atomic mass is 16.5. The Morgan fingerprint density at radius 3 is 3.00 bits per heavy atom. The summed E-state index contributed by atoms with van der Waals surface area (Å²) in [5.41, 5.74) is 5.59. The second-order valence-electron chi connectivity index (χ2n) is 2.85. The summed E-state index contributed by atoms with van der Waals surface area (Å²) in [6.45, 7) is 2.97. The maximum absolute atomic E-state index is 5.59. The number of hydrogen-bond donors (Lipinski definition) is 1. The molecule has 0 aliphatic carbocycles. The number of hydrogen-bond acceptors (Lipinski definition) is 2. The van der Waals surface area contributed by atoms with Crippen LogP contribution in [0.5, 0.6) is 0 Å². The minimum Gasteiger partial charge on any atom is -0.378 e. The van der Waals surface area contributed by atoms with Crippen LogP contribution in [0.2, 0.25) is 0 Å². The van der Waals surface area contributed by atoms with Gasteiger partial charge < -0.3 is 10.5 Å². The Morgan fingerprint density at radius 1 is 1.78 bits per heavy atom. The third-order valence-corrected chi connectivity index (χ3v) is 1.66. The standard InChI is InChI=1S/C7H15NO/c1-6(8)5-7-3-2-4-9-7/h6-7H,2-5,8H2,1H3. The first-order chi connectivity index (χ1) is 4.29. The molecule has 1 aliphatic heterocycles. The van der Waals surface area contributed by atoms with Gasteiger partial charge >= 0.3 is 0 Å². The summed E-state index contributed by atoms with van der Waals surface area (Å²) in [7, 11) is 0. The van der Waals surface area contributed by atoms with E-state index in [1.54, 1.807) is 0 Å². The Labute approximate surface area is 56.4 Å². The Kier molecular flexibility index (Phi) is 2.49. The lowest BCUT2D eigenvalue weighted by Crippen LogP contribution is -2.22. The van der Waals surface area contributed by atoms with Gasteiger partial charge in [0.2, 0.25) is 0 Å². The van der Waals surface area contributed by atoms with Gasteiger partial charge in [0.25, 0.3) is 0 Å². The van der Waals surface area contributed by atoms with Gasteiger partial charge in [-0.05, 0) is 26.2 Å². The average molecular weight is 129 g/mol. The van der Waals surface area contributed by atoms with Gasteiger partial charge in [-0.1, -0.05) is 0 Å². The van der Waals surface area contributed by atoms with E-state index in [0.717, 1.165) is 13.0 Å². The van der Waals surface area contributed by atoms with Crippen LogP contribution in [-0.2, 0) is 4.74 Å². The van der Waals surface area contributed by atoms with Crippen LogP contribution in [0.3, 0.4) is 0 Å². The van der Waals surface area contributed by atoms with Crippen molar-refractivity contribution in [3.63, 3.8) is 0 Å². The molecule has 1 heterocycles. The van der Waals surface area contributed by atoms with Crippen molar-refractivity contribution in [1.29, 1.82) is 0 Å². The van der Waals surface area contributed by atoms with E-state index in [4.69, 9.17) is 10.5 Å². The SMILES string of the molecule is CC(N)CC1CCCO1. The van der Waals surface area contributed by atoms with Crippen LogP contribution in [0.15, 0.2) is 0 Å². The van der Waals surface area contributed by atoms with E-state index in [1.807, 2.05) is 6.92 Å². The van der Waals surface area contributed by atoms with E-state index in [1.165, 1.54) is 12.8 Å². The molecule has 2 N–H and O–H groups in total. The predicted octanol–water partition coefficient (Wildman–Crippen LogP) is 0.903. The van der Waals surface area contributed by atoms with Crippen molar-refractivity contribution in [2.24, 2.45) is 5.73 Å². The molecule has 9 heavy (non-hydrogen) atoms. The highest BCUT2D eigenvalue weighted by Crippen LogP contribution is 2.15. The van der Waals surface area contributed by atoms with Crippen LogP contribution in [0.25, 0.3) is 0 Å². The van der Waals surface area contributed by atoms with E-state index in [2.05, 4.69) is 0 Å². The molecule has 0 aromatic carbocycles. The molecule has 0 amide bonds. The number of rotatable bonds is 2. The summed E-state index contributed by atoms with van der Waals surface area (Å²) in [5.74, 6) is 0. The molecular formula is C7H15NO. The van der Waals surface area contributed by atoms with E-state index in [0.29, 0.717) is 12.1 Å². The van der Waals surface area contributed by atoms with Crippen molar-refractivity contribution < 1.29 is 4.74 Å². The van der Waals surface area contributed by atoms with Crippen molar-refractivity contribution in [2.45, 2.75) is 38.3 Å². The summed E-state index contributed by atoms with van der Waals surface area (Å²) >= 11 is 0. The lowest BCUT2D eigenvalue weighted by Gasteiger charge is -2.10. The molecule has 1 saturated heterocycles. The van der Waals surface area contributed by atoms with Gasteiger partial charge in [0.1, 0.15) is 0 Å². The smallest absolute Gasteiger partial charge is 0.0590 e. The Balaban J connectivity index is 2.11. The molecule has 2 atom stereocenters. The molecule has 0 bridgehead atoms. The first-order valence-corrected chi connectivity index (χ1v) is 3.66. The molecule has 0 aromatic heterocycles. The van der Waals surface area contributed by atoms with Crippen LogP contribution in [0.4, 0.5) is 0 Å². The normalized spacial score (nSPS) is 30.7. The Bertz CT molecular complexity index is 77.0. The van der Waals surface area contributed by atoms with Crippen LogP contribution >= 0.6 is 0 Å². The second kappa shape index (κ2) is 3.18. The van der Waals surface area contributed by atoms with E-state index in [-0.39, 0.29) is 0 Å². The van der Waals surface area contributed by atoms with Gasteiger partial charge in [-0.2, -0.15) is 0 Å². The van der Waals surface area contributed by atoms with Gasteiger partial charge in [-0.25, -0.2) is 0 Å². The zero-order valence-electron chi connectivity index (χ0n) is 5.97. The van der Waals surface area contributed by atoms with E-state index < -0.39 is 0 Å². The van der Waals surface area contributed by atoms with E-state index in [9.17, 15) is 0 Å². The third-order valence-electron chi connectivity index (χ3n) is 1.66. The lowest BCUT2D eigenvalue weighted by molar-refractivity contribution is 0.0997. The summed E-state index contributed by atoms with van der Waals surface area (Å²) in [5, 5.41) is 0. The van der Waals surface area contributed by atoms with Crippen LogP contribution < -0.4 is 5.73 Å². The van der Waals surface area contributed by atoms with Crippen molar-refractivity contribution in [3.05, 3.63) is 0 Å². The largest absolute Gasteiger partial charge is 0.378 e. The van der Waals surface area contributed by atoms with Crippen molar-refractivity contribution in [1.82, 2.24) is 0 Å². The molecule has 0 spiro atoms. The summed E-state index contributed by atoms with van der Waals surface area (Å²) in [6, 6.07) is 0.299. The molecule has 2 unspecified atom stereocenters. The average Bonchev–Trinajstić information content (AvgIpc) is 2.15. The highest BCUT2D eigenvalue weighted by molar-refractivity contribution is 4.68. The molecule has 54 valence electrons. The Morgan fingerprint density at radius 2 is 2.56 bits per heavy atom. The molecular weight excluding hydrogens is 114 g/mol. The second-order valence-corrected chi connectivity index (χ2v) is 2.85. The number of nitrogens with two attached hydrogens (primary N) is 1. The summed E-state index contributed by atoms with van der Waals surface area (Å²) < 4.78 is 5.38. The number of ether oxygens (including phenoxy) is 1. The molecule has 2 nitrogen and oxygen atoms in total. The Hall–Kier alpha value is -0.0800. The van der Waals surface area contributed by atoms with Crippen molar-refractivity contribution in [3.8, 4) is 0 Å². The first-order valence-electron chi connectivity index (χ1n) is 3.66. The minimum absolute atomic E-state index is 0.299. The monoisotopic (exact) mass is 129 g/mol. The summed E-state index contributed by atoms with van der Waals surface area (Å²) in [6.07, 6.45) is 3.92. The predicted molar refractivity (Wildman–Crippen MR) is 37.2 cm³/mol. The van der Waals surface area contributed by atoms with Crippen LogP contribution in [0.1, 0.15) is 26.2 Å². The fourth-order valence-corrected chi connectivity index (χ4v) is 1.24. The molecule has 2 heteroatoms. The van der Waals surface area contributed by atoms with Gasteiger partial charge in [-0.3, -0.25) is 0 Å². The fraction of sp³-hybridized carbons (Fsp3) is 1.00. The van der Waals surface area contributed by atoms with E-state index >= 15 is 0 Å². The molecule has 0 aromatic rings. The highest BCUT2D eigenvalue weighted by Gasteiger charge is 2.15. The van der Waals surface area contributed by atoms with Crippen LogP contribution in [0, 0.1) is 0 Å². The van der Waals surface area contributed by atoms with Gasteiger partial charge in [-0.15, -0.1) is 0 Å². The first kappa shape index (κ1) is 7.03.